The smallest absolute Gasteiger partial charge is 0.0718 e. The Balaban J connectivity index is 1.82. The minimum Gasteiger partial charge on any atom is -0.545 e. The van der Waals surface area contributed by atoms with Gasteiger partial charge in [0.05, 0.1) is 5.97 Å². The van der Waals surface area contributed by atoms with E-state index in [-0.39, 0.29) is 16.4 Å². The maximum Gasteiger partial charge on any atom is 0.0718 e. The van der Waals surface area contributed by atoms with Gasteiger partial charge in [-0.05, 0) is 58.8 Å². The Morgan fingerprint density at radius 3 is 2.22 bits per heavy atom. The Labute approximate surface area is 162 Å². The number of aliphatic carboxylic acids is 1. The molecule has 0 N–H and O–H groups in total. The van der Waals surface area contributed by atoms with Crippen molar-refractivity contribution in [1.82, 2.24) is 0 Å². The van der Waals surface area contributed by atoms with Crippen molar-refractivity contribution in [2.24, 2.45) is 0 Å². The highest BCUT2D eigenvalue weighted by Gasteiger charge is 2.36. The van der Waals surface area contributed by atoms with Crippen LogP contribution < -0.4 is 5.11 Å². The quantitative estimate of drug-likeness (QED) is 0.718. The molecule has 0 aliphatic heterocycles. The van der Waals surface area contributed by atoms with Gasteiger partial charge in [0.25, 0.3) is 0 Å². The van der Waals surface area contributed by atoms with E-state index >= 15 is 0 Å². The van der Waals surface area contributed by atoms with Crippen molar-refractivity contribution in [2.45, 2.75) is 64.2 Å². The molecule has 0 saturated heterocycles. The van der Waals surface area contributed by atoms with E-state index in [0.29, 0.717) is 12.0 Å². The fourth-order valence-corrected chi connectivity index (χ4v) is 4.11. The predicted octanol–water partition coefficient (Wildman–Crippen LogP) is 4.80. The van der Waals surface area contributed by atoms with Crippen LogP contribution in [0.15, 0.2) is 54.6 Å². The van der Waals surface area contributed by atoms with E-state index in [2.05, 4.69) is 45.9 Å². The summed E-state index contributed by atoms with van der Waals surface area (Å²) in [5.41, 5.74) is 5.55. The molecule has 0 heterocycles. The fourth-order valence-electron chi connectivity index (χ4n) is 4.11. The van der Waals surface area contributed by atoms with Gasteiger partial charge < -0.3 is 9.90 Å². The van der Waals surface area contributed by atoms with Gasteiger partial charge in [0.15, 0.2) is 0 Å². The van der Waals surface area contributed by atoms with Crippen molar-refractivity contribution in [3.05, 3.63) is 76.9 Å². The summed E-state index contributed by atoms with van der Waals surface area (Å²) in [5, 5.41) is 11.5. The van der Waals surface area contributed by atoms with Crippen LogP contribution in [0.3, 0.4) is 0 Å². The summed E-state index contributed by atoms with van der Waals surface area (Å²) in [4.78, 5) is 11.5. The molecule has 0 radical (unpaired) electrons. The number of fused-ring (bicyclic) bond motifs is 1. The second-order valence-electron chi connectivity index (χ2n) is 8.96. The highest BCUT2D eigenvalue weighted by atomic mass is 16.4. The van der Waals surface area contributed by atoms with Crippen molar-refractivity contribution in [3.8, 4) is 0 Å². The van der Waals surface area contributed by atoms with E-state index in [0.717, 1.165) is 6.42 Å². The van der Waals surface area contributed by atoms with E-state index in [1.165, 1.54) is 29.5 Å². The number of carbonyl (C=O) groups excluding carboxylic acids is 1. The van der Waals surface area contributed by atoms with E-state index in [9.17, 15) is 9.90 Å². The van der Waals surface area contributed by atoms with Crippen LogP contribution in [0.4, 0.5) is 0 Å². The van der Waals surface area contributed by atoms with Crippen LogP contribution in [0, 0.1) is 0 Å². The van der Waals surface area contributed by atoms with Gasteiger partial charge in [-0.25, -0.2) is 0 Å². The summed E-state index contributed by atoms with van der Waals surface area (Å²) in [6.45, 7) is 9.31. The van der Waals surface area contributed by atoms with Gasteiger partial charge in [-0.15, -0.1) is 0 Å². The topological polar surface area (TPSA) is 40.1 Å². The standard InChI is InChI=1S/C25H30O2/c1-24(2)15-16-25(3,4)22-17-18(13-14-21(22)24)9-8-12-20(23(26)27)19-10-6-5-7-11-19/h5-7,10-14,17H,8-9,15-16H2,1-4H3,(H,26,27)/p-1/b20-12+. The maximum absolute atomic E-state index is 11.5. The van der Waals surface area contributed by atoms with Crippen molar-refractivity contribution in [3.63, 3.8) is 0 Å². The third-order valence-corrected chi connectivity index (χ3v) is 6.00. The average Bonchev–Trinajstić information content (AvgIpc) is 2.63. The second kappa shape index (κ2) is 7.34. The lowest BCUT2D eigenvalue weighted by molar-refractivity contribution is -0.295. The Morgan fingerprint density at radius 1 is 0.963 bits per heavy atom. The summed E-state index contributed by atoms with van der Waals surface area (Å²) in [6, 6.07) is 16.0. The lowest BCUT2D eigenvalue weighted by Crippen LogP contribution is -2.33. The van der Waals surface area contributed by atoms with Gasteiger partial charge in [-0.1, -0.05) is 82.3 Å². The monoisotopic (exact) mass is 361 g/mol. The lowest BCUT2D eigenvalue weighted by atomic mass is 9.63. The fraction of sp³-hybridized carbons (Fsp3) is 0.400. The zero-order chi connectivity index (χ0) is 19.7. The van der Waals surface area contributed by atoms with Gasteiger partial charge >= 0.3 is 0 Å². The molecule has 0 unspecified atom stereocenters. The number of allylic oxidation sites excluding steroid dienone is 1. The van der Waals surface area contributed by atoms with Gasteiger partial charge in [-0.2, -0.15) is 0 Å². The van der Waals surface area contributed by atoms with Crippen LogP contribution in [0.1, 0.15) is 69.2 Å². The molecule has 0 spiro atoms. The number of hydrogen-bond donors (Lipinski definition) is 0. The summed E-state index contributed by atoms with van der Waals surface area (Å²) < 4.78 is 0. The van der Waals surface area contributed by atoms with E-state index in [1.54, 1.807) is 6.08 Å². The molecule has 0 amide bonds. The molecule has 0 fully saturated rings. The largest absolute Gasteiger partial charge is 0.545 e. The molecule has 2 heteroatoms. The molecule has 2 aromatic carbocycles. The molecule has 2 nitrogen and oxygen atoms in total. The molecular formula is C25H29O2-. The van der Waals surface area contributed by atoms with E-state index in [1.807, 2.05) is 30.3 Å². The highest BCUT2D eigenvalue weighted by Crippen LogP contribution is 2.45. The molecule has 1 aliphatic carbocycles. The van der Waals surface area contributed by atoms with Crippen molar-refractivity contribution < 1.29 is 9.90 Å². The van der Waals surface area contributed by atoms with Crippen molar-refractivity contribution >= 4 is 11.5 Å². The third-order valence-electron chi connectivity index (χ3n) is 6.00. The lowest BCUT2D eigenvalue weighted by Gasteiger charge is -2.42. The van der Waals surface area contributed by atoms with Gasteiger partial charge in [-0.3, -0.25) is 0 Å². The minimum atomic E-state index is -1.12. The second-order valence-corrected chi connectivity index (χ2v) is 8.96. The first-order chi connectivity index (χ1) is 12.7. The summed E-state index contributed by atoms with van der Waals surface area (Å²) in [6.07, 6.45) is 5.70. The summed E-state index contributed by atoms with van der Waals surface area (Å²) in [7, 11) is 0. The normalized spacial score (nSPS) is 18.0. The van der Waals surface area contributed by atoms with Gasteiger partial charge in [0.1, 0.15) is 0 Å². The van der Waals surface area contributed by atoms with Crippen LogP contribution >= 0.6 is 0 Å². The number of aryl methyl sites for hydroxylation is 1. The number of carboxylic acids is 1. The molecular weight excluding hydrogens is 332 g/mol. The number of benzene rings is 2. The molecule has 3 rings (SSSR count). The minimum absolute atomic E-state index is 0.191. The van der Waals surface area contributed by atoms with Crippen molar-refractivity contribution in [1.29, 1.82) is 0 Å². The Morgan fingerprint density at radius 2 is 1.59 bits per heavy atom. The van der Waals surface area contributed by atoms with Gasteiger partial charge in [0.2, 0.25) is 0 Å². The third kappa shape index (κ3) is 4.16. The summed E-state index contributed by atoms with van der Waals surface area (Å²) in [5.74, 6) is -1.12. The number of rotatable bonds is 5. The molecule has 0 bridgehead atoms. The highest BCUT2D eigenvalue weighted by molar-refractivity contribution is 6.14. The predicted molar refractivity (Wildman–Crippen MR) is 109 cm³/mol. The molecule has 2 aromatic rings. The zero-order valence-electron chi connectivity index (χ0n) is 16.8. The Bertz CT molecular complexity index is 857. The number of carboxylic acid groups (broad SMARTS) is 1. The number of hydrogen-bond acceptors (Lipinski definition) is 2. The molecule has 1 aliphatic rings. The number of carbonyl (C=O) groups is 1. The summed E-state index contributed by atoms with van der Waals surface area (Å²) >= 11 is 0. The first kappa shape index (κ1) is 19.4. The maximum atomic E-state index is 11.5. The van der Waals surface area contributed by atoms with Crippen LogP contribution in [0.5, 0.6) is 0 Å². The molecule has 0 aromatic heterocycles. The van der Waals surface area contributed by atoms with Crippen molar-refractivity contribution in [2.75, 3.05) is 0 Å². The van der Waals surface area contributed by atoms with Crippen LogP contribution in [-0.4, -0.2) is 5.97 Å². The first-order valence-electron chi connectivity index (χ1n) is 9.81. The van der Waals surface area contributed by atoms with E-state index < -0.39 is 5.97 Å². The Hall–Kier alpha value is -2.35. The molecule has 0 saturated carbocycles. The van der Waals surface area contributed by atoms with Crippen LogP contribution in [0.25, 0.3) is 5.57 Å². The molecule has 27 heavy (non-hydrogen) atoms. The average molecular weight is 362 g/mol. The van der Waals surface area contributed by atoms with E-state index in [4.69, 9.17) is 0 Å². The molecule has 0 atom stereocenters. The van der Waals surface area contributed by atoms with Gasteiger partial charge in [0, 0.05) is 5.57 Å². The van der Waals surface area contributed by atoms with Crippen LogP contribution in [0.2, 0.25) is 0 Å². The zero-order valence-corrected chi connectivity index (χ0v) is 16.8. The first-order valence-corrected chi connectivity index (χ1v) is 9.81. The SMILES string of the molecule is CC1(C)CCC(C)(C)c2cc(CC/C=C(/C(=O)[O-])c3ccccc3)ccc21. The molecule has 142 valence electrons. The Kier molecular flexibility index (Phi) is 5.28. The van der Waals surface area contributed by atoms with Crippen LogP contribution in [-0.2, 0) is 22.0 Å².